The Bertz CT molecular complexity index is 373. The van der Waals surface area contributed by atoms with Crippen LogP contribution >= 0.6 is 0 Å². The maximum Gasteiger partial charge on any atom is 0.271 e. The highest BCUT2D eigenvalue weighted by atomic mass is 16.3. The highest BCUT2D eigenvalue weighted by Gasteiger charge is 2.27. The normalized spacial score (nSPS) is 15.8. The van der Waals surface area contributed by atoms with Crippen molar-refractivity contribution >= 4 is 11.7 Å². The maximum absolute atomic E-state index is 11.2. The summed E-state index contributed by atoms with van der Waals surface area (Å²) < 4.78 is 0. The fourth-order valence-electron chi connectivity index (χ4n) is 1.62. The molecule has 2 N–H and O–H groups in total. The van der Waals surface area contributed by atoms with Crippen LogP contribution in [-0.2, 0) is 0 Å². The molecule has 0 unspecified atom stereocenters. The molecule has 16 heavy (non-hydrogen) atoms. The van der Waals surface area contributed by atoms with Gasteiger partial charge in [-0.2, -0.15) is 0 Å². The first-order valence-corrected chi connectivity index (χ1v) is 5.16. The third-order valence-corrected chi connectivity index (χ3v) is 2.65. The van der Waals surface area contributed by atoms with Gasteiger partial charge in [-0.15, -0.1) is 10.2 Å². The Morgan fingerprint density at radius 3 is 2.81 bits per heavy atom. The quantitative estimate of drug-likeness (QED) is 0.704. The number of carbonyl (C=O) groups excluding carboxylic acids is 1. The number of nitrogens with zero attached hydrogens (tertiary/aromatic N) is 3. The molecule has 0 aliphatic carbocycles. The zero-order chi connectivity index (χ0) is 11.5. The number of carbonyl (C=O) groups is 1. The fourth-order valence-corrected chi connectivity index (χ4v) is 1.62. The Balaban J connectivity index is 2.01. The summed E-state index contributed by atoms with van der Waals surface area (Å²) in [6.45, 7) is 1.80. The highest BCUT2D eigenvalue weighted by molar-refractivity contribution is 5.91. The number of aliphatic hydroxyl groups is 1. The zero-order valence-corrected chi connectivity index (χ0v) is 9.05. The molecule has 0 atom stereocenters. The summed E-state index contributed by atoms with van der Waals surface area (Å²) in [6.07, 6.45) is 0. The number of aliphatic hydroxyl groups excluding tert-OH is 1. The van der Waals surface area contributed by atoms with E-state index < -0.39 is 0 Å². The van der Waals surface area contributed by atoms with Crippen LogP contribution in [0.1, 0.15) is 10.5 Å². The lowest BCUT2D eigenvalue weighted by molar-refractivity contribution is 0.0957. The molecule has 2 rings (SSSR count). The van der Waals surface area contributed by atoms with E-state index in [2.05, 4.69) is 15.5 Å². The summed E-state index contributed by atoms with van der Waals surface area (Å²) in [5, 5.41) is 19.2. The van der Waals surface area contributed by atoms with Gasteiger partial charge in [-0.25, -0.2) is 0 Å². The van der Waals surface area contributed by atoms with Crippen molar-refractivity contribution in [2.45, 2.75) is 0 Å². The van der Waals surface area contributed by atoms with Crippen molar-refractivity contribution in [2.75, 3.05) is 31.6 Å². The Kier molecular flexibility index (Phi) is 3.00. The van der Waals surface area contributed by atoms with Crippen LogP contribution in [0, 0.1) is 5.92 Å². The van der Waals surface area contributed by atoms with Gasteiger partial charge in [-0.3, -0.25) is 4.79 Å². The Morgan fingerprint density at radius 1 is 1.56 bits per heavy atom. The number of aromatic nitrogens is 2. The van der Waals surface area contributed by atoms with Gasteiger partial charge in [-0.1, -0.05) is 0 Å². The molecule has 1 aliphatic heterocycles. The minimum Gasteiger partial charge on any atom is -0.396 e. The van der Waals surface area contributed by atoms with E-state index in [1.54, 1.807) is 19.2 Å². The van der Waals surface area contributed by atoms with Crippen LogP contribution in [0.25, 0.3) is 0 Å². The van der Waals surface area contributed by atoms with E-state index in [4.69, 9.17) is 5.11 Å². The lowest BCUT2D eigenvalue weighted by Crippen LogP contribution is -2.48. The van der Waals surface area contributed by atoms with Gasteiger partial charge in [0.05, 0.1) is 0 Å². The summed E-state index contributed by atoms with van der Waals surface area (Å²) in [5.41, 5.74) is 0.311. The Hall–Kier alpha value is -1.69. The van der Waals surface area contributed by atoms with Crippen molar-refractivity contribution in [3.8, 4) is 0 Å². The van der Waals surface area contributed by atoms with E-state index in [1.165, 1.54) is 0 Å². The van der Waals surface area contributed by atoms with Crippen molar-refractivity contribution in [1.82, 2.24) is 15.5 Å². The molecule has 0 aromatic carbocycles. The molecule has 0 spiro atoms. The molecule has 1 saturated heterocycles. The fraction of sp³-hybridized carbons (Fsp3) is 0.500. The van der Waals surface area contributed by atoms with Crippen LogP contribution in [0.15, 0.2) is 12.1 Å². The van der Waals surface area contributed by atoms with Gasteiger partial charge in [0.25, 0.3) is 5.91 Å². The molecule has 6 heteroatoms. The second kappa shape index (κ2) is 4.44. The van der Waals surface area contributed by atoms with E-state index in [0.29, 0.717) is 11.6 Å². The predicted octanol–water partition coefficient (Wildman–Crippen LogP) is -0.735. The smallest absolute Gasteiger partial charge is 0.271 e. The first-order valence-electron chi connectivity index (χ1n) is 5.16. The van der Waals surface area contributed by atoms with E-state index in [9.17, 15) is 4.79 Å². The van der Waals surface area contributed by atoms with Gasteiger partial charge in [-0.05, 0) is 12.1 Å². The van der Waals surface area contributed by atoms with Crippen LogP contribution < -0.4 is 10.2 Å². The van der Waals surface area contributed by atoms with Gasteiger partial charge < -0.3 is 15.3 Å². The van der Waals surface area contributed by atoms with Crippen molar-refractivity contribution in [3.63, 3.8) is 0 Å². The van der Waals surface area contributed by atoms with Gasteiger partial charge in [0.15, 0.2) is 11.5 Å². The van der Waals surface area contributed by atoms with Crippen LogP contribution in [-0.4, -0.2) is 48.0 Å². The van der Waals surface area contributed by atoms with Crippen LogP contribution in [0.3, 0.4) is 0 Å². The van der Waals surface area contributed by atoms with Crippen LogP contribution in [0.2, 0.25) is 0 Å². The standard InChI is InChI=1S/C10H14N4O2/c1-11-10(16)8-2-3-9(13-12-8)14-4-7(5-14)6-15/h2-3,7,15H,4-6H2,1H3,(H,11,16). The summed E-state index contributed by atoms with van der Waals surface area (Å²) in [4.78, 5) is 13.2. The van der Waals surface area contributed by atoms with E-state index in [0.717, 1.165) is 18.9 Å². The lowest BCUT2D eigenvalue weighted by atomic mass is 10.0. The monoisotopic (exact) mass is 222 g/mol. The highest BCUT2D eigenvalue weighted by Crippen LogP contribution is 2.21. The molecule has 86 valence electrons. The number of hydrogen-bond donors (Lipinski definition) is 2. The second-order valence-electron chi connectivity index (χ2n) is 3.81. The van der Waals surface area contributed by atoms with E-state index >= 15 is 0 Å². The summed E-state index contributed by atoms with van der Waals surface area (Å²) in [5.74, 6) is 0.841. The molecule has 0 bridgehead atoms. The molecule has 2 heterocycles. The largest absolute Gasteiger partial charge is 0.396 e. The van der Waals surface area contributed by atoms with Crippen molar-refractivity contribution < 1.29 is 9.90 Å². The molecule has 6 nitrogen and oxygen atoms in total. The summed E-state index contributed by atoms with van der Waals surface area (Å²) in [6, 6.07) is 3.42. The number of amides is 1. The van der Waals surface area contributed by atoms with Crippen molar-refractivity contribution in [3.05, 3.63) is 17.8 Å². The number of anilines is 1. The average Bonchev–Trinajstić information content (AvgIpc) is 2.27. The third-order valence-electron chi connectivity index (χ3n) is 2.65. The Morgan fingerprint density at radius 2 is 2.31 bits per heavy atom. The SMILES string of the molecule is CNC(=O)c1ccc(N2CC(CO)C2)nn1. The molecule has 1 amide bonds. The number of hydrogen-bond acceptors (Lipinski definition) is 5. The van der Waals surface area contributed by atoms with Gasteiger partial charge in [0.1, 0.15) is 0 Å². The molecular formula is C10H14N4O2. The predicted molar refractivity (Wildman–Crippen MR) is 58.2 cm³/mol. The van der Waals surface area contributed by atoms with Gasteiger partial charge in [0.2, 0.25) is 0 Å². The van der Waals surface area contributed by atoms with E-state index in [-0.39, 0.29) is 12.5 Å². The first kappa shape index (κ1) is 10.8. The second-order valence-corrected chi connectivity index (χ2v) is 3.81. The molecule has 1 aliphatic rings. The van der Waals surface area contributed by atoms with E-state index in [1.807, 2.05) is 4.90 Å². The molecule has 1 aromatic heterocycles. The molecule has 1 aromatic rings. The van der Waals surface area contributed by atoms with Crippen LogP contribution in [0.4, 0.5) is 5.82 Å². The lowest BCUT2D eigenvalue weighted by Gasteiger charge is -2.38. The molecular weight excluding hydrogens is 208 g/mol. The molecule has 1 fully saturated rings. The van der Waals surface area contributed by atoms with Crippen LogP contribution in [0.5, 0.6) is 0 Å². The first-order chi connectivity index (χ1) is 7.74. The molecule has 0 saturated carbocycles. The third kappa shape index (κ3) is 1.96. The van der Waals surface area contributed by atoms with Gasteiger partial charge in [0, 0.05) is 32.7 Å². The number of nitrogens with one attached hydrogen (secondary N) is 1. The molecule has 0 radical (unpaired) electrons. The maximum atomic E-state index is 11.2. The zero-order valence-electron chi connectivity index (χ0n) is 9.05. The summed E-state index contributed by atoms with van der Waals surface area (Å²) in [7, 11) is 1.55. The average molecular weight is 222 g/mol. The summed E-state index contributed by atoms with van der Waals surface area (Å²) >= 11 is 0. The van der Waals surface area contributed by atoms with Gasteiger partial charge >= 0.3 is 0 Å². The minimum atomic E-state index is -0.240. The van der Waals surface area contributed by atoms with Crippen molar-refractivity contribution in [2.24, 2.45) is 5.92 Å². The number of rotatable bonds is 3. The Labute approximate surface area is 93.3 Å². The topological polar surface area (TPSA) is 78.4 Å². The minimum absolute atomic E-state index is 0.209. The van der Waals surface area contributed by atoms with Crippen molar-refractivity contribution in [1.29, 1.82) is 0 Å².